The molecule has 1 saturated heterocycles. The molecule has 6 nitrogen and oxygen atoms in total. The fraction of sp³-hybridized carbons (Fsp3) is 0.760. The maximum absolute atomic E-state index is 13.6. The molecule has 6 heteroatoms. The van der Waals surface area contributed by atoms with Crippen LogP contribution in [0.5, 0.6) is 0 Å². The first-order chi connectivity index (χ1) is 15.2. The molecule has 31 heavy (non-hydrogen) atoms. The van der Waals surface area contributed by atoms with Crippen molar-refractivity contribution in [2.45, 2.75) is 88.9 Å². The van der Waals surface area contributed by atoms with E-state index in [-0.39, 0.29) is 48.0 Å². The van der Waals surface area contributed by atoms with E-state index < -0.39 is 0 Å². The predicted molar refractivity (Wildman–Crippen MR) is 120 cm³/mol. The fourth-order valence-electron chi connectivity index (χ4n) is 6.97. The number of aliphatic hydroxyl groups excluding tert-OH is 1. The molecule has 3 fully saturated rings. The molecular formula is C25H37N3O3. The first-order valence-corrected chi connectivity index (χ1v) is 12.5. The van der Waals surface area contributed by atoms with Crippen molar-refractivity contribution in [1.82, 2.24) is 14.8 Å². The van der Waals surface area contributed by atoms with Gasteiger partial charge in [-0.05, 0) is 37.7 Å². The van der Waals surface area contributed by atoms with E-state index in [1.165, 1.54) is 51.4 Å². The van der Waals surface area contributed by atoms with Gasteiger partial charge >= 0.3 is 0 Å². The second-order valence-corrected chi connectivity index (χ2v) is 10.3. The Bertz CT molecular complexity index is 841. The van der Waals surface area contributed by atoms with E-state index in [1.807, 2.05) is 10.6 Å². The van der Waals surface area contributed by atoms with Gasteiger partial charge in [-0.15, -0.1) is 0 Å². The monoisotopic (exact) mass is 427 g/mol. The molecule has 3 heterocycles. The van der Waals surface area contributed by atoms with Crippen molar-refractivity contribution in [3.05, 3.63) is 34.2 Å². The molecule has 1 aromatic heterocycles. The molecule has 5 rings (SSSR count). The van der Waals surface area contributed by atoms with Crippen LogP contribution >= 0.6 is 0 Å². The SMILES string of the molecule is O=C(NC1CCCCC1)[C@@H]1[C@@H](CO)[C@@H]2Cn3c(cccc3=O)[C@@H]2N1CC1CCCCC1. The number of amides is 1. The lowest BCUT2D eigenvalue weighted by Crippen LogP contribution is -2.52. The predicted octanol–water partition coefficient (Wildman–Crippen LogP) is 2.84. The van der Waals surface area contributed by atoms with Gasteiger partial charge in [-0.3, -0.25) is 14.5 Å². The Morgan fingerprint density at radius 2 is 1.74 bits per heavy atom. The molecule has 2 aliphatic carbocycles. The summed E-state index contributed by atoms with van der Waals surface area (Å²) in [6.07, 6.45) is 12.1. The highest BCUT2D eigenvalue weighted by molar-refractivity contribution is 5.83. The summed E-state index contributed by atoms with van der Waals surface area (Å²) in [6.45, 7) is 1.50. The van der Waals surface area contributed by atoms with Crippen molar-refractivity contribution >= 4 is 5.91 Å². The van der Waals surface area contributed by atoms with Gasteiger partial charge in [0.1, 0.15) is 0 Å². The molecule has 170 valence electrons. The van der Waals surface area contributed by atoms with Crippen LogP contribution in [0.4, 0.5) is 0 Å². The zero-order valence-electron chi connectivity index (χ0n) is 18.5. The normalized spacial score (nSPS) is 32.0. The van der Waals surface area contributed by atoms with Gasteiger partial charge in [-0.2, -0.15) is 0 Å². The summed E-state index contributed by atoms with van der Waals surface area (Å²) in [6, 6.07) is 5.54. The number of pyridine rings is 1. The van der Waals surface area contributed by atoms with Gasteiger partial charge in [-0.25, -0.2) is 0 Å². The lowest BCUT2D eigenvalue weighted by Gasteiger charge is -2.36. The van der Waals surface area contributed by atoms with Crippen LogP contribution in [0.1, 0.15) is 75.9 Å². The zero-order chi connectivity index (χ0) is 21.4. The van der Waals surface area contributed by atoms with Gasteiger partial charge in [0.2, 0.25) is 5.91 Å². The maximum atomic E-state index is 13.6. The summed E-state index contributed by atoms with van der Waals surface area (Å²) in [5, 5.41) is 13.8. The van der Waals surface area contributed by atoms with E-state index in [4.69, 9.17) is 0 Å². The number of hydrogen-bond acceptors (Lipinski definition) is 4. The van der Waals surface area contributed by atoms with Crippen molar-refractivity contribution in [1.29, 1.82) is 0 Å². The van der Waals surface area contributed by atoms with Gasteiger partial charge in [0.05, 0.1) is 12.1 Å². The smallest absolute Gasteiger partial charge is 0.250 e. The quantitative estimate of drug-likeness (QED) is 0.758. The topological polar surface area (TPSA) is 74.6 Å². The van der Waals surface area contributed by atoms with Crippen LogP contribution in [0.3, 0.4) is 0 Å². The highest BCUT2D eigenvalue weighted by atomic mass is 16.3. The summed E-state index contributed by atoms with van der Waals surface area (Å²) < 4.78 is 1.88. The van der Waals surface area contributed by atoms with E-state index in [2.05, 4.69) is 16.3 Å². The van der Waals surface area contributed by atoms with Gasteiger partial charge in [0.15, 0.2) is 0 Å². The second kappa shape index (κ2) is 9.07. The lowest BCUT2D eigenvalue weighted by molar-refractivity contribution is -0.129. The number of carbonyl (C=O) groups is 1. The third-order valence-electron chi connectivity index (χ3n) is 8.48. The number of nitrogens with one attached hydrogen (secondary N) is 1. The number of hydrogen-bond donors (Lipinski definition) is 2. The van der Waals surface area contributed by atoms with Gasteiger partial charge < -0.3 is 15.0 Å². The Balaban J connectivity index is 1.45. The third-order valence-corrected chi connectivity index (χ3v) is 8.48. The highest BCUT2D eigenvalue weighted by Crippen LogP contribution is 2.49. The van der Waals surface area contributed by atoms with Crippen LogP contribution in [0.2, 0.25) is 0 Å². The second-order valence-electron chi connectivity index (χ2n) is 10.3. The van der Waals surface area contributed by atoms with E-state index in [9.17, 15) is 14.7 Å². The summed E-state index contributed by atoms with van der Waals surface area (Å²) in [7, 11) is 0. The van der Waals surface area contributed by atoms with Crippen LogP contribution in [0, 0.1) is 17.8 Å². The van der Waals surface area contributed by atoms with Crippen molar-refractivity contribution < 1.29 is 9.90 Å². The molecule has 4 atom stereocenters. The van der Waals surface area contributed by atoms with Crippen molar-refractivity contribution in [3.63, 3.8) is 0 Å². The minimum absolute atomic E-state index is 0.00613. The highest BCUT2D eigenvalue weighted by Gasteiger charge is 2.55. The third kappa shape index (κ3) is 3.97. The molecule has 0 radical (unpaired) electrons. The molecule has 0 aromatic carbocycles. The summed E-state index contributed by atoms with van der Waals surface area (Å²) in [5.74, 6) is 0.685. The van der Waals surface area contributed by atoms with Crippen LogP contribution in [-0.2, 0) is 11.3 Å². The lowest BCUT2D eigenvalue weighted by atomic mass is 9.87. The number of rotatable bonds is 5. The van der Waals surface area contributed by atoms with Crippen LogP contribution in [0.25, 0.3) is 0 Å². The number of likely N-dealkylation sites (tertiary alicyclic amines) is 1. The Morgan fingerprint density at radius 3 is 2.45 bits per heavy atom. The molecule has 2 saturated carbocycles. The molecular weight excluding hydrogens is 390 g/mol. The van der Waals surface area contributed by atoms with Crippen molar-refractivity contribution in [2.75, 3.05) is 13.2 Å². The summed E-state index contributed by atoms with van der Waals surface area (Å²) >= 11 is 0. The molecule has 0 bridgehead atoms. The average molecular weight is 428 g/mol. The van der Waals surface area contributed by atoms with Gasteiger partial charge in [-0.1, -0.05) is 44.6 Å². The number of aliphatic hydroxyl groups is 1. The Labute approximate surface area is 185 Å². The van der Waals surface area contributed by atoms with Crippen molar-refractivity contribution in [2.24, 2.45) is 17.8 Å². The van der Waals surface area contributed by atoms with E-state index in [0.29, 0.717) is 12.5 Å². The van der Waals surface area contributed by atoms with Crippen LogP contribution in [0.15, 0.2) is 23.0 Å². The molecule has 1 amide bonds. The maximum Gasteiger partial charge on any atom is 0.250 e. The van der Waals surface area contributed by atoms with Gasteiger partial charge in [0.25, 0.3) is 5.56 Å². The van der Waals surface area contributed by atoms with Crippen molar-refractivity contribution in [3.8, 4) is 0 Å². The number of aromatic nitrogens is 1. The zero-order valence-corrected chi connectivity index (χ0v) is 18.5. The standard InChI is InChI=1S/C25H37N3O3/c29-16-20-19-15-27-21(12-7-13-22(27)30)23(19)28(14-17-8-3-1-4-9-17)24(20)25(31)26-18-10-5-2-6-11-18/h7,12-13,17-20,23-24,29H,1-6,8-11,14-16H2,(H,26,31)/t19-,20-,23+,24-/m0/s1. The van der Waals surface area contributed by atoms with Crippen LogP contribution < -0.4 is 10.9 Å². The minimum atomic E-state index is -0.298. The number of fused-ring (bicyclic) bond motifs is 3. The Morgan fingerprint density at radius 1 is 1.03 bits per heavy atom. The number of carbonyl (C=O) groups excluding carboxylic acids is 1. The molecule has 2 N–H and O–H groups in total. The van der Waals surface area contributed by atoms with Gasteiger partial charge in [0, 0.05) is 49.3 Å². The molecule has 1 aromatic rings. The average Bonchev–Trinajstić information content (AvgIpc) is 3.31. The molecule has 0 spiro atoms. The molecule has 2 aliphatic heterocycles. The minimum Gasteiger partial charge on any atom is -0.396 e. The first-order valence-electron chi connectivity index (χ1n) is 12.5. The van der Waals surface area contributed by atoms with E-state index in [1.54, 1.807) is 6.07 Å². The first kappa shape index (κ1) is 21.2. The molecule has 4 aliphatic rings. The van der Waals surface area contributed by atoms with E-state index in [0.717, 1.165) is 25.1 Å². The summed E-state index contributed by atoms with van der Waals surface area (Å²) in [4.78, 5) is 28.5. The Kier molecular flexibility index (Phi) is 6.20. The fourth-order valence-corrected chi connectivity index (χ4v) is 6.97. The van der Waals surface area contributed by atoms with E-state index >= 15 is 0 Å². The largest absolute Gasteiger partial charge is 0.396 e. The Hall–Kier alpha value is -1.66. The number of nitrogens with zero attached hydrogens (tertiary/aromatic N) is 2. The van der Waals surface area contributed by atoms with Crippen LogP contribution in [-0.4, -0.2) is 45.7 Å². The summed E-state index contributed by atoms with van der Waals surface area (Å²) in [5.41, 5.74) is 1.06. The molecule has 0 unspecified atom stereocenters.